The van der Waals surface area contributed by atoms with Crippen molar-refractivity contribution in [3.05, 3.63) is 23.4 Å². The average Bonchev–Trinajstić information content (AvgIpc) is 2.77. The predicted octanol–water partition coefficient (Wildman–Crippen LogP) is 1.33. The largest absolute Gasteiger partial charge is 0.504 e. The van der Waals surface area contributed by atoms with Crippen LogP contribution < -0.4 is 10.1 Å². The fraction of sp³-hybridized carbons (Fsp3) is 0.357. The number of benzene rings is 1. The first-order valence-electron chi connectivity index (χ1n) is 6.38. The van der Waals surface area contributed by atoms with Gasteiger partial charge in [-0.1, -0.05) is 0 Å². The van der Waals surface area contributed by atoms with Crippen molar-refractivity contribution in [1.82, 2.24) is 10.3 Å². The Kier molecular flexibility index (Phi) is 2.65. The van der Waals surface area contributed by atoms with Crippen molar-refractivity contribution in [2.45, 2.75) is 18.9 Å². The van der Waals surface area contributed by atoms with Gasteiger partial charge >= 0.3 is 5.97 Å². The maximum Gasteiger partial charge on any atom is 0.329 e. The van der Waals surface area contributed by atoms with E-state index in [0.29, 0.717) is 24.4 Å². The number of fused-ring (bicyclic) bond motifs is 3. The van der Waals surface area contributed by atoms with Crippen molar-refractivity contribution < 1.29 is 19.7 Å². The van der Waals surface area contributed by atoms with Gasteiger partial charge in [-0.05, 0) is 25.0 Å². The Morgan fingerprint density at radius 1 is 1.45 bits per heavy atom. The molecule has 4 N–H and O–H groups in total. The van der Waals surface area contributed by atoms with E-state index in [4.69, 9.17) is 4.74 Å². The summed E-state index contributed by atoms with van der Waals surface area (Å²) in [4.78, 5) is 14.7. The van der Waals surface area contributed by atoms with Gasteiger partial charge in [0.1, 0.15) is 0 Å². The molecule has 20 heavy (non-hydrogen) atoms. The van der Waals surface area contributed by atoms with Crippen molar-refractivity contribution in [2.75, 3.05) is 13.7 Å². The molecule has 1 aliphatic rings. The SMILES string of the molecule is COc1cc2[nH]c3c(c2cc1O)CCNC3(C)C(=O)O. The van der Waals surface area contributed by atoms with E-state index in [1.807, 2.05) is 0 Å². The van der Waals surface area contributed by atoms with Crippen molar-refractivity contribution in [2.24, 2.45) is 0 Å². The molecule has 0 saturated carbocycles. The number of nitrogens with one attached hydrogen (secondary N) is 2. The summed E-state index contributed by atoms with van der Waals surface area (Å²) in [6, 6.07) is 3.31. The molecule has 0 saturated heterocycles. The van der Waals surface area contributed by atoms with Gasteiger partial charge in [-0.3, -0.25) is 5.32 Å². The van der Waals surface area contributed by atoms with Crippen LogP contribution in [0.15, 0.2) is 12.1 Å². The van der Waals surface area contributed by atoms with E-state index >= 15 is 0 Å². The predicted molar refractivity (Wildman–Crippen MR) is 73.2 cm³/mol. The number of methoxy groups -OCH3 is 1. The topological polar surface area (TPSA) is 94.6 Å². The second-order valence-corrected chi connectivity index (χ2v) is 5.16. The van der Waals surface area contributed by atoms with Crippen LogP contribution in [-0.2, 0) is 16.8 Å². The molecule has 0 radical (unpaired) electrons. The third-order valence-corrected chi connectivity index (χ3v) is 3.99. The number of aromatic amines is 1. The summed E-state index contributed by atoms with van der Waals surface area (Å²) < 4.78 is 5.08. The van der Waals surface area contributed by atoms with Crippen molar-refractivity contribution in [1.29, 1.82) is 0 Å². The van der Waals surface area contributed by atoms with Gasteiger partial charge in [0.05, 0.1) is 12.8 Å². The molecule has 6 nitrogen and oxygen atoms in total. The number of aromatic nitrogens is 1. The molecule has 1 aromatic heterocycles. The Morgan fingerprint density at radius 2 is 2.20 bits per heavy atom. The van der Waals surface area contributed by atoms with E-state index in [1.165, 1.54) is 7.11 Å². The highest BCUT2D eigenvalue weighted by Gasteiger charge is 2.41. The van der Waals surface area contributed by atoms with Crippen LogP contribution in [0.25, 0.3) is 10.9 Å². The number of phenols is 1. The highest BCUT2D eigenvalue weighted by atomic mass is 16.5. The zero-order chi connectivity index (χ0) is 14.5. The number of H-pyrrole nitrogens is 1. The Balaban J connectivity index is 2.29. The molecule has 3 rings (SSSR count). The van der Waals surface area contributed by atoms with Gasteiger partial charge in [-0.2, -0.15) is 0 Å². The zero-order valence-electron chi connectivity index (χ0n) is 11.3. The summed E-state index contributed by atoms with van der Waals surface area (Å²) >= 11 is 0. The summed E-state index contributed by atoms with van der Waals surface area (Å²) in [5.74, 6) is -0.514. The first-order valence-corrected chi connectivity index (χ1v) is 6.38. The number of hydrogen-bond donors (Lipinski definition) is 4. The van der Waals surface area contributed by atoms with Gasteiger partial charge in [0.25, 0.3) is 0 Å². The number of ether oxygens (including phenoxy) is 1. The minimum absolute atomic E-state index is 0.0531. The molecule has 0 bridgehead atoms. The molecule has 6 heteroatoms. The third-order valence-electron chi connectivity index (χ3n) is 3.99. The molecule has 0 aliphatic carbocycles. The molecule has 0 fully saturated rings. The lowest BCUT2D eigenvalue weighted by Crippen LogP contribution is -2.50. The summed E-state index contributed by atoms with van der Waals surface area (Å²) in [5.41, 5.74) is 1.19. The highest BCUT2D eigenvalue weighted by molar-refractivity contribution is 5.91. The quantitative estimate of drug-likeness (QED) is 0.664. The van der Waals surface area contributed by atoms with Gasteiger partial charge in [-0.15, -0.1) is 0 Å². The Labute approximate surface area is 115 Å². The van der Waals surface area contributed by atoms with Crippen molar-refractivity contribution in [3.63, 3.8) is 0 Å². The van der Waals surface area contributed by atoms with Gasteiger partial charge in [-0.25, -0.2) is 4.79 Å². The Bertz CT molecular complexity index is 707. The van der Waals surface area contributed by atoms with E-state index < -0.39 is 11.5 Å². The maximum atomic E-state index is 11.5. The molecule has 106 valence electrons. The molecule has 1 atom stereocenters. The molecule has 2 aromatic rings. The van der Waals surface area contributed by atoms with Gasteiger partial charge in [0.15, 0.2) is 17.0 Å². The lowest BCUT2D eigenvalue weighted by Gasteiger charge is -2.31. The van der Waals surface area contributed by atoms with Crippen LogP contribution >= 0.6 is 0 Å². The molecule has 2 heterocycles. The van der Waals surface area contributed by atoms with E-state index in [-0.39, 0.29) is 5.75 Å². The zero-order valence-corrected chi connectivity index (χ0v) is 11.3. The minimum Gasteiger partial charge on any atom is -0.504 e. The van der Waals surface area contributed by atoms with Crippen molar-refractivity contribution >= 4 is 16.9 Å². The lowest BCUT2D eigenvalue weighted by atomic mass is 9.88. The molecule has 1 aromatic carbocycles. The summed E-state index contributed by atoms with van der Waals surface area (Å²) in [5, 5.41) is 23.2. The molecular weight excluding hydrogens is 260 g/mol. The monoisotopic (exact) mass is 276 g/mol. The lowest BCUT2D eigenvalue weighted by molar-refractivity contribution is -0.145. The summed E-state index contributed by atoms with van der Waals surface area (Å²) in [6.07, 6.45) is 0.712. The van der Waals surface area contributed by atoms with E-state index in [2.05, 4.69) is 10.3 Å². The molecule has 1 aliphatic heterocycles. The first-order chi connectivity index (χ1) is 9.47. The summed E-state index contributed by atoms with van der Waals surface area (Å²) in [7, 11) is 1.48. The van der Waals surface area contributed by atoms with Crippen LogP contribution in [0.3, 0.4) is 0 Å². The second kappa shape index (κ2) is 4.14. The van der Waals surface area contributed by atoms with Gasteiger partial charge < -0.3 is 19.9 Å². The van der Waals surface area contributed by atoms with E-state index in [1.54, 1.807) is 19.1 Å². The van der Waals surface area contributed by atoms with Crippen LogP contribution in [-0.4, -0.2) is 34.8 Å². The maximum absolute atomic E-state index is 11.5. The molecule has 1 unspecified atom stereocenters. The number of carboxylic acid groups (broad SMARTS) is 1. The number of aromatic hydroxyl groups is 1. The minimum atomic E-state index is -1.14. The number of hydrogen-bond acceptors (Lipinski definition) is 4. The molecule has 0 spiro atoms. The van der Waals surface area contributed by atoms with Gasteiger partial charge in [0.2, 0.25) is 0 Å². The van der Waals surface area contributed by atoms with E-state index in [9.17, 15) is 15.0 Å². The van der Waals surface area contributed by atoms with Crippen molar-refractivity contribution in [3.8, 4) is 11.5 Å². The fourth-order valence-corrected chi connectivity index (χ4v) is 2.82. The van der Waals surface area contributed by atoms with Crippen LogP contribution in [0.5, 0.6) is 11.5 Å². The third kappa shape index (κ3) is 1.58. The average molecular weight is 276 g/mol. The summed E-state index contributed by atoms with van der Waals surface area (Å²) in [6.45, 7) is 2.22. The van der Waals surface area contributed by atoms with Crippen LogP contribution in [0.2, 0.25) is 0 Å². The van der Waals surface area contributed by atoms with E-state index in [0.717, 1.165) is 16.5 Å². The standard InChI is InChI=1S/C14H16N2O4/c1-14(13(18)19)12-7(3-4-15-14)8-5-10(17)11(20-2)6-9(8)16-12/h5-6,15-17H,3-4H2,1-2H3,(H,18,19). The molecule has 0 amide bonds. The fourth-order valence-electron chi connectivity index (χ4n) is 2.82. The number of aliphatic carboxylic acids is 1. The first kappa shape index (κ1) is 12.8. The van der Waals surface area contributed by atoms with Crippen LogP contribution in [0, 0.1) is 0 Å². The Hall–Kier alpha value is -2.21. The highest BCUT2D eigenvalue weighted by Crippen LogP contribution is 2.38. The number of rotatable bonds is 2. The Morgan fingerprint density at radius 3 is 2.85 bits per heavy atom. The number of carboxylic acids is 1. The van der Waals surface area contributed by atoms with Crippen LogP contribution in [0.4, 0.5) is 0 Å². The van der Waals surface area contributed by atoms with Gasteiger partial charge in [0, 0.05) is 23.5 Å². The second-order valence-electron chi connectivity index (χ2n) is 5.16. The smallest absolute Gasteiger partial charge is 0.329 e. The normalized spacial score (nSPS) is 21.7. The number of carbonyl (C=O) groups is 1. The molecular formula is C14H16N2O4. The number of phenolic OH excluding ortho intramolecular Hbond substituents is 1. The van der Waals surface area contributed by atoms with Crippen LogP contribution in [0.1, 0.15) is 18.2 Å².